The molecule has 0 unspecified atom stereocenters. The van der Waals surface area contributed by atoms with E-state index in [2.05, 4.69) is 10.5 Å². The number of nitrogens with one attached hydrogen (secondary N) is 1. The van der Waals surface area contributed by atoms with Crippen LogP contribution in [0.2, 0.25) is 0 Å². The standard InChI is InChI=1S/C23H27N3O5/c1-13-11-18(20-14(2)25-31-19(20)12-13)30-17-9-7-16(8-10-17)24-21(27)15(3)26(22(28)29)23(4,5)6/h7-12,15H,1-6H3,(H,24,27)(H,28,29)/p-1/t15-/m1/s1. The number of amides is 2. The predicted molar refractivity (Wildman–Crippen MR) is 115 cm³/mol. The maximum Gasteiger partial charge on any atom is 0.246 e. The highest BCUT2D eigenvalue weighted by Crippen LogP contribution is 2.34. The average Bonchev–Trinajstić information content (AvgIpc) is 3.02. The van der Waals surface area contributed by atoms with Gasteiger partial charge in [0.2, 0.25) is 5.91 Å². The number of nitrogens with zero attached hydrogens (tertiary/aromatic N) is 2. The van der Waals surface area contributed by atoms with Gasteiger partial charge in [-0.25, -0.2) is 0 Å². The predicted octanol–water partition coefficient (Wildman–Crippen LogP) is 4.01. The Morgan fingerprint density at radius 1 is 1.16 bits per heavy atom. The van der Waals surface area contributed by atoms with Crippen LogP contribution in [0.1, 0.15) is 39.0 Å². The molecule has 2 aromatic carbocycles. The van der Waals surface area contributed by atoms with E-state index < -0.39 is 23.6 Å². The number of hydrogen-bond acceptors (Lipinski definition) is 6. The van der Waals surface area contributed by atoms with Crippen molar-refractivity contribution in [2.24, 2.45) is 0 Å². The van der Waals surface area contributed by atoms with Crippen LogP contribution >= 0.6 is 0 Å². The molecule has 8 heteroatoms. The molecule has 0 aliphatic rings. The van der Waals surface area contributed by atoms with Gasteiger partial charge in [0.1, 0.15) is 23.6 Å². The second kappa shape index (κ2) is 8.29. The zero-order valence-corrected chi connectivity index (χ0v) is 18.5. The molecule has 0 bridgehead atoms. The number of aryl methyl sites for hydroxylation is 2. The van der Waals surface area contributed by atoms with Crippen molar-refractivity contribution in [3.05, 3.63) is 47.7 Å². The molecule has 3 rings (SSSR count). The number of hydrogen-bond donors (Lipinski definition) is 1. The lowest BCUT2D eigenvalue weighted by Crippen LogP contribution is -2.58. The molecule has 1 atom stereocenters. The molecule has 0 saturated heterocycles. The van der Waals surface area contributed by atoms with Crippen molar-refractivity contribution in [3.8, 4) is 11.5 Å². The van der Waals surface area contributed by atoms with E-state index in [-0.39, 0.29) is 0 Å². The largest absolute Gasteiger partial charge is 0.530 e. The van der Waals surface area contributed by atoms with Gasteiger partial charge in [-0.05, 0) is 83.5 Å². The lowest BCUT2D eigenvalue weighted by Gasteiger charge is -2.41. The van der Waals surface area contributed by atoms with Gasteiger partial charge in [-0.2, -0.15) is 0 Å². The van der Waals surface area contributed by atoms with Gasteiger partial charge in [0.25, 0.3) is 0 Å². The van der Waals surface area contributed by atoms with Gasteiger partial charge < -0.3 is 29.4 Å². The number of benzene rings is 2. The van der Waals surface area contributed by atoms with Crippen molar-refractivity contribution in [1.29, 1.82) is 0 Å². The van der Waals surface area contributed by atoms with Crippen molar-refractivity contribution >= 4 is 28.7 Å². The van der Waals surface area contributed by atoms with Gasteiger partial charge in [0, 0.05) is 11.2 Å². The summed E-state index contributed by atoms with van der Waals surface area (Å²) in [5.41, 5.74) is 2.12. The smallest absolute Gasteiger partial charge is 0.246 e. The van der Waals surface area contributed by atoms with Crippen LogP contribution in [0, 0.1) is 13.8 Å². The van der Waals surface area contributed by atoms with Crippen LogP contribution in [0.4, 0.5) is 10.5 Å². The third-order valence-electron chi connectivity index (χ3n) is 4.89. The van der Waals surface area contributed by atoms with E-state index >= 15 is 0 Å². The van der Waals surface area contributed by atoms with Crippen LogP contribution in [0.25, 0.3) is 11.0 Å². The number of carboxylic acid groups (broad SMARTS) is 1. The molecule has 0 saturated carbocycles. The number of ether oxygens (including phenoxy) is 1. The van der Waals surface area contributed by atoms with Crippen LogP contribution in [0.15, 0.2) is 40.9 Å². The molecule has 1 N–H and O–H groups in total. The fraction of sp³-hybridized carbons (Fsp3) is 0.348. The summed E-state index contributed by atoms with van der Waals surface area (Å²) in [5, 5.41) is 19.0. The van der Waals surface area contributed by atoms with Gasteiger partial charge in [-0.1, -0.05) is 5.16 Å². The SMILES string of the molecule is Cc1cc(Oc2ccc(NC(=O)[C@@H](C)N(C(=O)[O-])C(C)(C)C)cc2)c2c(C)noc2c1. The molecule has 0 aliphatic heterocycles. The van der Waals surface area contributed by atoms with Gasteiger partial charge in [-0.15, -0.1) is 0 Å². The van der Waals surface area contributed by atoms with Gasteiger partial charge in [0.15, 0.2) is 5.58 Å². The number of fused-ring (bicyclic) bond motifs is 1. The van der Waals surface area contributed by atoms with E-state index in [0.717, 1.165) is 21.5 Å². The Kier molecular flexibility index (Phi) is 5.92. The highest BCUT2D eigenvalue weighted by Gasteiger charge is 2.30. The number of carbonyl (C=O) groups is 2. The van der Waals surface area contributed by atoms with Gasteiger partial charge in [-0.3, -0.25) is 4.79 Å². The normalized spacial score (nSPS) is 12.5. The third kappa shape index (κ3) is 4.79. The maximum absolute atomic E-state index is 12.6. The van der Waals surface area contributed by atoms with Crippen molar-refractivity contribution in [2.45, 2.75) is 53.1 Å². The number of aromatic nitrogens is 1. The topological polar surface area (TPSA) is 108 Å². The number of carbonyl (C=O) groups excluding carboxylic acids is 2. The molecule has 0 spiro atoms. The van der Waals surface area contributed by atoms with Crippen molar-refractivity contribution in [3.63, 3.8) is 0 Å². The zero-order valence-electron chi connectivity index (χ0n) is 18.5. The van der Waals surface area contributed by atoms with Gasteiger partial charge >= 0.3 is 0 Å². The Labute approximate surface area is 180 Å². The first kappa shape index (κ1) is 22.1. The monoisotopic (exact) mass is 424 g/mol. The second-order valence-corrected chi connectivity index (χ2v) is 8.50. The van der Waals surface area contributed by atoms with E-state index in [0.29, 0.717) is 22.8 Å². The molecule has 0 radical (unpaired) electrons. The number of rotatable bonds is 5. The minimum atomic E-state index is -1.40. The van der Waals surface area contributed by atoms with Crippen molar-refractivity contribution in [2.75, 3.05) is 5.32 Å². The second-order valence-electron chi connectivity index (χ2n) is 8.50. The zero-order chi connectivity index (χ0) is 22.9. The van der Waals surface area contributed by atoms with E-state index in [4.69, 9.17) is 9.26 Å². The molecule has 2 amide bonds. The summed E-state index contributed by atoms with van der Waals surface area (Å²) in [6, 6.07) is 9.70. The van der Waals surface area contributed by atoms with Crippen LogP contribution in [0.3, 0.4) is 0 Å². The summed E-state index contributed by atoms with van der Waals surface area (Å²) in [5.74, 6) is 0.756. The fourth-order valence-electron chi connectivity index (χ4n) is 3.50. The third-order valence-corrected chi connectivity index (χ3v) is 4.89. The summed E-state index contributed by atoms with van der Waals surface area (Å²) in [6.07, 6.45) is -1.40. The molecule has 1 aromatic heterocycles. The summed E-state index contributed by atoms with van der Waals surface area (Å²) >= 11 is 0. The lowest BCUT2D eigenvalue weighted by atomic mass is 10.0. The highest BCUT2D eigenvalue weighted by molar-refractivity contribution is 5.96. The van der Waals surface area contributed by atoms with E-state index in [1.54, 1.807) is 45.0 Å². The summed E-state index contributed by atoms with van der Waals surface area (Å²) in [7, 11) is 0. The Balaban J connectivity index is 1.75. The van der Waals surface area contributed by atoms with Crippen LogP contribution in [-0.2, 0) is 4.79 Å². The van der Waals surface area contributed by atoms with Crippen molar-refractivity contribution in [1.82, 2.24) is 10.1 Å². The van der Waals surface area contributed by atoms with Crippen LogP contribution < -0.4 is 15.2 Å². The Morgan fingerprint density at radius 3 is 2.39 bits per heavy atom. The van der Waals surface area contributed by atoms with Crippen LogP contribution in [-0.4, -0.2) is 33.6 Å². The molecule has 0 fully saturated rings. The Bertz CT molecular complexity index is 1110. The molecule has 0 aliphatic carbocycles. The molecule has 8 nitrogen and oxygen atoms in total. The average molecular weight is 424 g/mol. The highest BCUT2D eigenvalue weighted by atomic mass is 16.5. The first-order valence-electron chi connectivity index (χ1n) is 9.93. The molecular formula is C23H26N3O5-. The van der Waals surface area contributed by atoms with E-state index in [1.165, 1.54) is 6.92 Å². The summed E-state index contributed by atoms with van der Waals surface area (Å²) < 4.78 is 11.4. The molecule has 1 heterocycles. The minimum Gasteiger partial charge on any atom is -0.530 e. The van der Waals surface area contributed by atoms with E-state index in [9.17, 15) is 14.7 Å². The van der Waals surface area contributed by atoms with Gasteiger partial charge in [0.05, 0.1) is 11.1 Å². The number of anilines is 1. The summed E-state index contributed by atoms with van der Waals surface area (Å²) in [4.78, 5) is 25.1. The van der Waals surface area contributed by atoms with E-state index in [1.807, 2.05) is 26.0 Å². The maximum atomic E-state index is 12.6. The Hall–Kier alpha value is -3.55. The minimum absolute atomic E-state index is 0.451. The molecule has 3 aromatic rings. The fourth-order valence-corrected chi connectivity index (χ4v) is 3.50. The van der Waals surface area contributed by atoms with Crippen molar-refractivity contribution < 1.29 is 24.0 Å². The summed E-state index contributed by atoms with van der Waals surface area (Å²) in [6.45, 7) is 10.4. The Morgan fingerprint density at radius 2 is 1.81 bits per heavy atom. The first-order valence-corrected chi connectivity index (χ1v) is 9.93. The van der Waals surface area contributed by atoms with Crippen LogP contribution in [0.5, 0.6) is 11.5 Å². The first-order chi connectivity index (χ1) is 14.5. The molecule has 31 heavy (non-hydrogen) atoms. The molecular weight excluding hydrogens is 398 g/mol. The molecule has 164 valence electrons. The lowest BCUT2D eigenvalue weighted by molar-refractivity contribution is -0.272. The quantitative estimate of drug-likeness (QED) is 0.663.